The molecule has 0 aromatic carbocycles. The first-order chi connectivity index (χ1) is 14.9. The molecule has 32 heavy (non-hydrogen) atoms. The highest BCUT2D eigenvalue weighted by Gasteiger charge is 2.35. The van der Waals surface area contributed by atoms with Crippen LogP contribution in [0.15, 0.2) is 12.5 Å². The molecule has 4 rings (SSSR count). The number of halogens is 3. The van der Waals surface area contributed by atoms with Gasteiger partial charge in [-0.15, -0.1) is 0 Å². The average molecular weight is 450 g/mol. The van der Waals surface area contributed by atoms with Crippen molar-refractivity contribution in [2.75, 3.05) is 18.0 Å². The lowest BCUT2D eigenvalue weighted by atomic mass is 9.96. The van der Waals surface area contributed by atoms with E-state index in [0.29, 0.717) is 35.9 Å². The molecule has 1 aliphatic rings. The highest BCUT2D eigenvalue weighted by molar-refractivity contribution is 5.84. The second kappa shape index (κ2) is 7.75. The highest BCUT2D eigenvalue weighted by atomic mass is 19.4. The number of aromatic amines is 1. The normalized spacial score (nSPS) is 17.3. The zero-order valence-corrected chi connectivity index (χ0v) is 18.3. The quantitative estimate of drug-likeness (QED) is 0.633. The van der Waals surface area contributed by atoms with Crippen LogP contribution in [-0.4, -0.2) is 54.8 Å². The number of hydrogen-bond acceptors (Lipinski definition) is 6. The molecule has 0 saturated carbocycles. The molecule has 1 unspecified atom stereocenters. The molecule has 0 spiro atoms. The summed E-state index contributed by atoms with van der Waals surface area (Å²) in [5.74, 6) is 1.09. The predicted molar refractivity (Wildman–Crippen MR) is 111 cm³/mol. The van der Waals surface area contributed by atoms with E-state index in [0.717, 1.165) is 12.6 Å². The van der Waals surface area contributed by atoms with Crippen LogP contribution in [0.1, 0.15) is 51.2 Å². The molecular formula is C20H25F3N8O. The summed E-state index contributed by atoms with van der Waals surface area (Å²) in [5.41, 5.74) is -0.316. The van der Waals surface area contributed by atoms with Gasteiger partial charge in [0, 0.05) is 31.5 Å². The minimum absolute atomic E-state index is 0.00275. The van der Waals surface area contributed by atoms with E-state index in [4.69, 9.17) is 4.98 Å². The van der Waals surface area contributed by atoms with Crippen molar-refractivity contribution >= 4 is 22.9 Å². The fourth-order valence-corrected chi connectivity index (χ4v) is 3.81. The zero-order chi connectivity index (χ0) is 23.3. The molecule has 0 radical (unpaired) electrons. The van der Waals surface area contributed by atoms with Crippen LogP contribution in [0.5, 0.6) is 0 Å². The fraction of sp³-hybridized carbons (Fsp3) is 0.550. The Bertz CT molecular complexity index is 1140. The van der Waals surface area contributed by atoms with E-state index in [1.807, 2.05) is 25.7 Å². The summed E-state index contributed by atoms with van der Waals surface area (Å²) in [6, 6.07) is -0.00275. The Morgan fingerprint density at radius 2 is 2.03 bits per heavy atom. The summed E-state index contributed by atoms with van der Waals surface area (Å²) in [4.78, 5) is 27.3. The number of aromatic nitrogens is 6. The minimum Gasteiger partial charge on any atom is -0.353 e. The first-order valence-corrected chi connectivity index (χ1v) is 10.3. The van der Waals surface area contributed by atoms with Gasteiger partial charge in [-0.1, -0.05) is 20.8 Å². The molecule has 1 atom stereocenters. The third-order valence-electron chi connectivity index (χ3n) is 5.36. The number of anilines is 1. The molecular weight excluding hydrogens is 425 g/mol. The Kier molecular flexibility index (Phi) is 5.33. The lowest BCUT2D eigenvalue weighted by Crippen LogP contribution is -2.36. The molecule has 2 N–H and O–H groups in total. The molecule has 3 aromatic heterocycles. The van der Waals surface area contributed by atoms with Gasteiger partial charge in [0.05, 0.1) is 30.3 Å². The molecule has 1 amide bonds. The SMILES string of the molecule is CC(=O)NC1CCN(c2nc(C(C)(C)C)nc3c2ncn3Cc2[nH]ncc2C(F)(F)F)C1. The fourth-order valence-electron chi connectivity index (χ4n) is 3.81. The van der Waals surface area contributed by atoms with Gasteiger partial charge in [0.15, 0.2) is 17.0 Å². The van der Waals surface area contributed by atoms with Crippen molar-refractivity contribution in [2.45, 2.75) is 58.3 Å². The standard InChI is InChI=1S/C20H25F3N8O/c1-11(32)26-12-5-6-30(8-12)16-15-17(28-18(27-16)19(2,3)4)31(10-24-15)9-14-13(7-25-29-14)20(21,22)23/h7,10,12H,5-6,8-9H2,1-4H3,(H,25,29)(H,26,32). The van der Waals surface area contributed by atoms with Crippen LogP contribution in [-0.2, 0) is 22.9 Å². The highest BCUT2D eigenvalue weighted by Crippen LogP contribution is 2.33. The number of nitrogens with zero attached hydrogens (tertiary/aromatic N) is 6. The van der Waals surface area contributed by atoms with Gasteiger partial charge in [-0.25, -0.2) is 15.0 Å². The van der Waals surface area contributed by atoms with Crippen LogP contribution < -0.4 is 10.2 Å². The Balaban J connectivity index is 1.76. The number of imidazole rings is 1. The summed E-state index contributed by atoms with van der Waals surface area (Å²) >= 11 is 0. The maximum atomic E-state index is 13.3. The molecule has 3 aromatic rings. The molecule has 1 aliphatic heterocycles. The van der Waals surface area contributed by atoms with Crippen LogP contribution in [0.25, 0.3) is 11.2 Å². The van der Waals surface area contributed by atoms with Gasteiger partial charge < -0.3 is 14.8 Å². The largest absolute Gasteiger partial charge is 0.419 e. The van der Waals surface area contributed by atoms with Gasteiger partial charge in [-0.05, 0) is 6.42 Å². The van der Waals surface area contributed by atoms with E-state index in [1.54, 1.807) is 4.57 Å². The van der Waals surface area contributed by atoms with Gasteiger partial charge in [-0.2, -0.15) is 18.3 Å². The number of H-pyrrole nitrogens is 1. The number of carbonyl (C=O) groups is 1. The number of fused-ring (bicyclic) bond motifs is 1. The van der Waals surface area contributed by atoms with E-state index < -0.39 is 11.7 Å². The molecule has 1 fully saturated rings. The molecule has 9 nitrogen and oxygen atoms in total. The molecule has 0 aliphatic carbocycles. The van der Waals surface area contributed by atoms with E-state index in [-0.39, 0.29) is 29.6 Å². The van der Waals surface area contributed by atoms with Gasteiger partial charge in [0.2, 0.25) is 5.91 Å². The number of alkyl halides is 3. The van der Waals surface area contributed by atoms with E-state index in [9.17, 15) is 18.0 Å². The lowest BCUT2D eigenvalue weighted by molar-refractivity contribution is -0.138. The number of rotatable bonds is 4. The van der Waals surface area contributed by atoms with Crippen molar-refractivity contribution in [3.63, 3.8) is 0 Å². The van der Waals surface area contributed by atoms with E-state index >= 15 is 0 Å². The van der Waals surface area contributed by atoms with Crippen LogP contribution in [0.3, 0.4) is 0 Å². The maximum absolute atomic E-state index is 13.3. The Morgan fingerprint density at radius 3 is 2.69 bits per heavy atom. The summed E-state index contributed by atoms with van der Waals surface area (Å²) in [6.07, 6.45) is -1.50. The van der Waals surface area contributed by atoms with E-state index in [2.05, 4.69) is 25.5 Å². The van der Waals surface area contributed by atoms with Crippen LogP contribution in [0, 0.1) is 0 Å². The minimum atomic E-state index is -4.51. The molecule has 1 saturated heterocycles. The third-order valence-corrected chi connectivity index (χ3v) is 5.36. The van der Waals surface area contributed by atoms with Crippen LogP contribution >= 0.6 is 0 Å². The summed E-state index contributed by atoms with van der Waals surface area (Å²) in [5, 5.41) is 8.93. The second-order valence-corrected chi connectivity index (χ2v) is 9.06. The maximum Gasteiger partial charge on any atom is 0.419 e. The third kappa shape index (κ3) is 4.26. The summed E-state index contributed by atoms with van der Waals surface area (Å²) in [6.45, 7) is 8.53. The molecule has 172 valence electrons. The summed E-state index contributed by atoms with van der Waals surface area (Å²) in [7, 11) is 0. The Morgan fingerprint density at radius 1 is 1.28 bits per heavy atom. The lowest BCUT2D eigenvalue weighted by Gasteiger charge is -2.22. The van der Waals surface area contributed by atoms with Gasteiger partial charge >= 0.3 is 6.18 Å². The van der Waals surface area contributed by atoms with Crippen molar-refractivity contribution in [1.29, 1.82) is 0 Å². The number of nitrogens with one attached hydrogen (secondary N) is 2. The average Bonchev–Trinajstić information content (AvgIpc) is 3.40. The first kappa shape index (κ1) is 22.0. The summed E-state index contributed by atoms with van der Waals surface area (Å²) < 4.78 is 41.4. The zero-order valence-electron chi connectivity index (χ0n) is 18.3. The second-order valence-electron chi connectivity index (χ2n) is 9.06. The van der Waals surface area contributed by atoms with Crippen molar-refractivity contribution < 1.29 is 18.0 Å². The predicted octanol–water partition coefficient (Wildman–Crippen LogP) is 2.63. The van der Waals surface area contributed by atoms with Gasteiger partial charge in [-0.3, -0.25) is 9.89 Å². The molecule has 12 heteroatoms. The van der Waals surface area contributed by atoms with Gasteiger partial charge in [0.1, 0.15) is 5.82 Å². The van der Waals surface area contributed by atoms with Crippen molar-refractivity contribution in [2.24, 2.45) is 0 Å². The first-order valence-electron chi connectivity index (χ1n) is 10.3. The molecule has 4 heterocycles. The Hall–Kier alpha value is -3.18. The number of amides is 1. The van der Waals surface area contributed by atoms with Crippen LogP contribution in [0.2, 0.25) is 0 Å². The topological polar surface area (TPSA) is 105 Å². The monoisotopic (exact) mass is 450 g/mol. The van der Waals surface area contributed by atoms with Crippen molar-refractivity contribution in [3.05, 3.63) is 29.6 Å². The van der Waals surface area contributed by atoms with Crippen LogP contribution in [0.4, 0.5) is 19.0 Å². The van der Waals surface area contributed by atoms with E-state index in [1.165, 1.54) is 13.3 Å². The van der Waals surface area contributed by atoms with Crippen molar-refractivity contribution in [3.8, 4) is 0 Å². The molecule has 0 bridgehead atoms. The number of hydrogen-bond donors (Lipinski definition) is 2. The Labute approximate surface area is 182 Å². The van der Waals surface area contributed by atoms with Gasteiger partial charge in [0.25, 0.3) is 0 Å². The smallest absolute Gasteiger partial charge is 0.353 e. The number of carbonyl (C=O) groups excluding carboxylic acids is 1. The van der Waals surface area contributed by atoms with Crippen molar-refractivity contribution in [1.82, 2.24) is 35.0 Å².